The first kappa shape index (κ1) is 17.2. The monoisotopic (exact) mass is 359 g/mol. The fourth-order valence-electron chi connectivity index (χ4n) is 3.00. The number of amides is 1. The summed E-state index contributed by atoms with van der Waals surface area (Å²) < 4.78 is 0. The van der Waals surface area contributed by atoms with Crippen LogP contribution in [0.25, 0.3) is 0 Å². The van der Waals surface area contributed by atoms with E-state index in [0.717, 1.165) is 12.1 Å². The maximum atomic E-state index is 13.0. The molecular formula is C18H18ClN3O3. The van der Waals surface area contributed by atoms with Gasteiger partial charge in [0.1, 0.15) is 11.2 Å². The van der Waals surface area contributed by atoms with Crippen LogP contribution in [0.15, 0.2) is 42.5 Å². The summed E-state index contributed by atoms with van der Waals surface area (Å²) in [6.45, 7) is 3.96. The highest BCUT2D eigenvalue weighted by molar-refractivity contribution is 6.32. The van der Waals surface area contributed by atoms with Gasteiger partial charge in [0, 0.05) is 23.4 Å². The summed E-state index contributed by atoms with van der Waals surface area (Å²) in [4.78, 5) is 25.4. The molecule has 7 heteroatoms. The number of halogens is 1. The summed E-state index contributed by atoms with van der Waals surface area (Å²) in [7, 11) is 0. The molecule has 1 N–H and O–H groups in total. The number of nitro groups is 1. The van der Waals surface area contributed by atoms with Crippen molar-refractivity contribution in [1.29, 1.82) is 0 Å². The van der Waals surface area contributed by atoms with Crippen LogP contribution in [0.2, 0.25) is 5.02 Å². The second-order valence-corrected chi connectivity index (χ2v) is 6.44. The SMILES string of the molecule is CC[C@H](C)N1C(=O)c2ccccc2N[C@H]1c1ccc(Cl)c([N+](=O)[O-])c1. The minimum Gasteiger partial charge on any atom is -0.361 e. The molecule has 25 heavy (non-hydrogen) atoms. The van der Waals surface area contributed by atoms with Crippen molar-refractivity contribution in [2.24, 2.45) is 0 Å². The van der Waals surface area contributed by atoms with Gasteiger partial charge in [-0.2, -0.15) is 0 Å². The first-order valence-corrected chi connectivity index (χ1v) is 8.44. The average Bonchev–Trinajstić information content (AvgIpc) is 2.61. The Balaban J connectivity index is 2.11. The van der Waals surface area contributed by atoms with Crippen molar-refractivity contribution in [1.82, 2.24) is 4.90 Å². The highest BCUT2D eigenvalue weighted by Gasteiger charge is 2.36. The van der Waals surface area contributed by atoms with Crippen LogP contribution in [0.1, 0.15) is 42.4 Å². The number of nitrogens with one attached hydrogen (secondary N) is 1. The summed E-state index contributed by atoms with van der Waals surface area (Å²) in [5.74, 6) is -0.0914. The van der Waals surface area contributed by atoms with Crippen LogP contribution in [0, 0.1) is 10.1 Å². The Bertz CT molecular complexity index is 840. The number of carbonyl (C=O) groups excluding carboxylic acids is 1. The van der Waals surface area contributed by atoms with E-state index < -0.39 is 11.1 Å². The third kappa shape index (κ3) is 3.05. The van der Waals surface area contributed by atoms with E-state index in [1.165, 1.54) is 12.1 Å². The van der Waals surface area contributed by atoms with Crippen LogP contribution in [0.5, 0.6) is 0 Å². The van der Waals surface area contributed by atoms with Gasteiger partial charge in [0.05, 0.1) is 10.5 Å². The van der Waals surface area contributed by atoms with Gasteiger partial charge in [0.15, 0.2) is 0 Å². The summed E-state index contributed by atoms with van der Waals surface area (Å²) in [6.07, 6.45) is 0.273. The zero-order valence-corrected chi connectivity index (χ0v) is 14.7. The molecule has 2 aromatic carbocycles. The van der Waals surface area contributed by atoms with Gasteiger partial charge < -0.3 is 10.2 Å². The molecule has 0 spiro atoms. The van der Waals surface area contributed by atoms with Gasteiger partial charge in [-0.15, -0.1) is 0 Å². The number of nitro benzene ring substituents is 1. The standard InChI is InChI=1S/C18H18ClN3O3/c1-3-11(2)21-17(12-8-9-14(19)16(10-12)22(24)25)20-15-7-5-4-6-13(15)18(21)23/h4-11,17,20H,3H2,1-2H3/t11-,17+/m0/s1. The number of hydrogen-bond acceptors (Lipinski definition) is 4. The summed E-state index contributed by atoms with van der Waals surface area (Å²) in [5, 5.41) is 14.6. The molecule has 0 saturated carbocycles. The highest BCUT2D eigenvalue weighted by Crippen LogP contribution is 2.37. The molecule has 0 aromatic heterocycles. The minimum atomic E-state index is -0.516. The van der Waals surface area contributed by atoms with Crippen molar-refractivity contribution in [3.63, 3.8) is 0 Å². The Hall–Kier alpha value is -2.60. The topological polar surface area (TPSA) is 75.5 Å². The maximum absolute atomic E-state index is 13.0. The molecular weight excluding hydrogens is 342 g/mol. The summed E-state index contributed by atoms with van der Waals surface area (Å²) in [5.41, 5.74) is 1.77. The van der Waals surface area contributed by atoms with E-state index in [0.29, 0.717) is 11.1 Å². The Morgan fingerprint density at radius 3 is 2.72 bits per heavy atom. The predicted molar refractivity (Wildman–Crippen MR) is 96.8 cm³/mol. The van der Waals surface area contributed by atoms with Gasteiger partial charge in [-0.05, 0) is 31.5 Å². The van der Waals surface area contributed by atoms with Crippen molar-refractivity contribution >= 4 is 28.9 Å². The average molecular weight is 360 g/mol. The quantitative estimate of drug-likeness (QED) is 0.638. The number of rotatable bonds is 4. The largest absolute Gasteiger partial charge is 0.361 e. The third-order valence-corrected chi connectivity index (χ3v) is 4.83. The minimum absolute atomic E-state index is 0.0342. The van der Waals surface area contributed by atoms with Crippen molar-refractivity contribution in [2.75, 3.05) is 5.32 Å². The van der Waals surface area contributed by atoms with Gasteiger partial charge in [0.2, 0.25) is 0 Å². The Morgan fingerprint density at radius 1 is 1.32 bits per heavy atom. The van der Waals surface area contributed by atoms with Crippen LogP contribution in [0.3, 0.4) is 0 Å². The van der Waals surface area contributed by atoms with E-state index in [1.807, 2.05) is 32.0 Å². The van der Waals surface area contributed by atoms with Gasteiger partial charge >= 0.3 is 0 Å². The number of benzene rings is 2. The van der Waals surface area contributed by atoms with Gasteiger partial charge in [0.25, 0.3) is 11.6 Å². The van der Waals surface area contributed by atoms with Crippen LogP contribution in [0.4, 0.5) is 11.4 Å². The normalized spacial score (nSPS) is 17.6. The number of fused-ring (bicyclic) bond motifs is 1. The van der Waals surface area contributed by atoms with Gasteiger partial charge in [-0.3, -0.25) is 14.9 Å². The Morgan fingerprint density at radius 2 is 2.04 bits per heavy atom. The molecule has 0 radical (unpaired) electrons. The molecule has 0 fully saturated rings. The highest BCUT2D eigenvalue weighted by atomic mass is 35.5. The zero-order valence-electron chi connectivity index (χ0n) is 13.9. The molecule has 3 rings (SSSR count). The Kier molecular flexibility index (Phi) is 4.63. The number of nitrogens with zero attached hydrogens (tertiary/aromatic N) is 2. The van der Waals surface area contributed by atoms with Crippen molar-refractivity contribution in [3.05, 3.63) is 68.7 Å². The molecule has 2 atom stereocenters. The molecule has 1 amide bonds. The summed E-state index contributed by atoms with van der Waals surface area (Å²) in [6, 6.07) is 11.9. The van der Waals surface area contributed by atoms with E-state index in [9.17, 15) is 14.9 Å². The number of carbonyl (C=O) groups is 1. The summed E-state index contributed by atoms with van der Waals surface area (Å²) >= 11 is 5.92. The lowest BCUT2D eigenvalue weighted by Crippen LogP contribution is -2.47. The third-order valence-electron chi connectivity index (χ3n) is 4.51. The lowest BCUT2D eigenvalue weighted by Gasteiger charge is -2.41. The molecule has 1 aliphatic heterocycles. The molecule has 0 saturated heterocycles. The van der Waals surface area contributed by atoms with Gasteiger partial charge in [-0.25, -0.2) is 0 Å². The lowest BCUT2D eigenvalue weighted by molar-refractivity contribution is -0.384. The lowest BCUT2D eigenvalue weighted by atomic mass is 10.0. The van der Waals surface area contributed by atoms with E-state index in [1.54, 1.807) is 17.0 Å². The predicted octanol–water partition coefficient (Wildman–Crippen LogP) is 4.61. The molecule has 1 heterocycles. The maximum Gasteiger partial charge on any atom is 0.288 e. The molecule has 6 nitrogen and oxygen atoms in total. The van der Waals surface area contributed by atoms with E-state index in [4.69, 9.17) is 11.6 Å². The number of hydrogen-bond donors (Lipinski definition) is 1. The van der Waals surface area contributed by atoms with E-state index >= 15 is 0 Å². The molecule has 2 aromatic rings. The van der Waals surface area contributed by atoms with Crippen LogP contribution in [-0.2, 0) is 0 Å². The second-order valence-electron chi connectivity index (χ2n) is 6.03. The van der Waals surface area contributed by atoms with E-state index in [2.05, 4.69) is 5.32 Å². The van der Waals surface area contributed by atoms with Crippen LogP contribution in [-0.4, -0.2) is 21.8 Å². The van der Waals surface area contributed by atoms with Crippen LogP contribution >= 0.6 is 11.6 Å². The molecule has 130 valence electrons. The fraction of sp³-hybridized carbons (Fsp3) is 0.278. The Labute approximate surface area is 150 Å². The molecule has 1 aliphatic rings. The van der Waals surface area contributed by atoms with Crippen molar-refractivity contribution < 1.29 is 9.72 Å². The van der Waals surface area contributed by atoms with Crippen molar-refractivity contribution in [3.8, 4) is 0 Å². The fourth-order valence-corrected chi connectivity index (χ4v) is 3.19. The van der Waals surface area contributed by atoms with Crippen LogP contribution < -0.4 is 5.32 Å². The second kappa shape index (κ2) is 6.72. The molecule has 0 bridgehead atoms. The smallest absolute Gasteiger partial charge is 0.288 e. The first-order chi connectivity index (χ1) is 11.9. The number of anilines is 1. The van der Waals surface area contributed by atoms with E-state index in [-0.39, 0.29) is 22.7 Å². The number of para-hydroxylation sites is 1. The van der Waals surface area contributed by atoms with Crippen molar-refractivity contribution in [2.45, 2.75) is 32.5 Å². The zero-order chi connectivity index (χ0) is 18.1. The molecule has 0 aliphatic carbocycles. The molecule has 0 unspecified atom stereocenters. The first-order valence-electron chi connectivity index (χ1n) is 8.06. The van der Waals surface area contributed by atoms with Gasteiger partial charge in [-0.1, -0.05) is 36.7 Å².